The minimum atomic E-state index is 0.0614. The van der Waals surface area contributed by atoms with Crippen LogP contribution in [0.4, 0.5) is 5.69 Å². The van der Waals surface area contributed by atoms with Crippen LogP contribution >= 0.6 is 0 Å². The van der Waals surface area contributed by atoms with E-state index in [1.54, 1.807) is 0 Å². The lowest BCUT2D eigenvalue weighted by molar-refractivity contribution is 0.118. The summed E-state index contributed by atoms with van der Waals surface area (Å²) in [6.45, 7) is 5.03. The van der Waals surface area contributed by atoms with E-state index in [1.807, 2.05) is 13.0 Å². The van der Waals surface area contributed by atoms with Crippen LogP contribution in [-0.2, 0) is 4.74 Å². The number of likely N-dealkylation sites (N-methyl/N-ethyl adjacent to an activating group) is 1. The summed E-state index contributed by atoms with van der Waals surface area (Å²) in [5.74, 6) is 0. The molecule has 0 aromatic heterocycles. The fourth-order valence-electron chi connectivity index (χ4n) is 2.60. The molecule has 0 radical (unpaired) electrons. The van der Waals surface area contributed by atoms with Crippen LogP contribution in [0.25, 0.3) is 0 Å². The highest BCUT2D eigenvalue weighted by Gasteiger charge is 2.29. The normalized spacial score (nSPS) is 25.9. The Morgan fingerprint density at radius 3 is 2.71 bits per heavy atom. The Morgan fingerprint density at radius 2 is 2.12 bits per heavy atom. The van der Waals surface area contributed by atoms with Crippen molar-refractivity contribution in [1.29, 1.82) is 0 Å². The number of hydrogen-bond acceptors (Lipinski definition) is 3. The number of ether oxygens (including phenoxy) is 1. The highest BCUT2D eigenvalue weighted by Crippen LogP contribution is 2.29. The monoisotopic (exact) mass is 234 g/mol. The molecule has 1 saturated heterocycles. The van der Waals surface area contributed by atoms with Gasteiger partial charge in [0.05, 0.1) is 12.1 Å². The van der Waals surface area contributed by atoms with Gasteiger partial charge in [0, 0.05) is 25.4 Å². The summed E-state index contributed by atoms with van der Waals surface area (Å²) in [6.07, 6.45) is 1.38. The van der Waals surface area contributed by atoms with Gasteiger partial charge in [-0.3, -0.25) is 0 Å². The van der Waals surface area contributed by atoms with Crippen LogP contribution in [0.3, 0.4) is 0 Å². The Bertz CT molecular complexity index is 378. The van der Waals surface area contributed by atoms with Gasteiger partial charge in [-0.15, -0.1) is 0 Å². The standard InChI is InChI=1S/C14H22N2O/c1-10(15)12-6-4-5-7-14(12)16(3)13-8-9-17-11(13)2/h4-7,10-11,13H,8-9,15H2,1-3H3/t10-,11?,13?/m0/s1. The van der Waals surface area contributed by atoms with Crippen molar-refractivity contribution in [2.24, 2.45) is 5.73 Å². The lowest BCUT2D eigenvalue weighted by atomic mass is 10.0. The van der Waals surface area contributed by atoms with Crippen molar-refractivity contribution in [3.05, 3.63) is 29.8 Å². The summed E-state index contributed by atoms with van der Waals surface area (Å²) < 4.78 is 5.64. The predicted molar refractivity (Wildman–Crippen MR) is 71.3 cm³/mol. The van der Waals surface area contributed by atoms with Crippen LogP contribution in [0.1, 0.15) is 31.9 Å². The van der Waals surface area contributed by atoms with Gasteiger partial charge in [0.15, 0.2) is 0 Å². The molecule has 1 aliphatic heterocycles. The number of rotatable bonds is 3. The van der Waals surface area contributed by atoms with E-state index in [9.17, 15) is 0 Å². The first-order valence-corrected chi connectivity index (χ1v) is 6.30. The molecule has 1 aliphatic rings. The molecule has 1 aromatic carbocycles. The third kappa shape index (κ3) is 2.45. The Kier molecular flexibility index (Phi) is 3.69. The summed E-state index contributed by atoms with van der Waals surface area (Å²) in [5, 5.41) is 0. The zero-order valence-corrected chi connectivity index (χ0v) is 10.9. The molecule has 94 valence electrons. The minimum absolute atomic E-state index is 0.0614. The van der Waals surface area contributed by atoms with Crippen molar-refractivity contribution in [3.63, 3.8) is 0 Å². The summed E-state index contributed by atoms with van der Waals surface area (Å²) >= 11 is 0. The van der Waals surface area contributed by atoms with Gasteiger partial charge in [0.25, 0.3) is 0 Å². The fraction of sp³-hybridized carbons (Fsp3) is 0.571. The highest BCUT2D eigenvalue weighted by atomic mass is 16.5. The van der Waals surface area contributed by atoms with E-state index < -0.39 is 0 Å². The topological polar surface area (TPSA) is 38.5 Å². The molecular formula is C14H22N2O. The van der Waals surface area contributed by atoms with Gasteiger partial charge in [0.1, 0.15) is 0 Å². The smallest absolute Gasteiger partial charge is 0.0750 e. The van der Waals surface area contributed by atoms with Crippen LogP contribution in [0, 0.1) is 0 Å². The van der Waals surface area contributed by atoms with Crippen LogP contribution in [0.15, 0.2) is 24.3 Å². The second-order valence-corrected chi connectivity index (χ2v) is 4.89. The van der Waals surface area contributed by atoms with E-state index in [2.05, 4.69) is 37.1 Å². The molecule has 2 rings (SSSR count). The number of benzene rings is 1. The SMILES string of the molecule is CC1OCCC1N(C)c1ccccc1[C@H](C)N. The van der Waals surface area contributed by atoms with E-state index in [0.29, 0.717) is 12.1 Å². The molecule has 0 amide bonds. The Balaban J connectivity index is 2.27. The van der Waals surface area contributed by atoms with E-state index in [1.165, 1.54) is 11.3 Å². The van der Waals surface area contributed by atoms with Gasteiger partial charge >= 0.3 is 0 Å². The van der Waals surface area contributed by atoms with E-state index in [-0.39, 0.29) is 6.04 Å². The molecule has 0 spiro atoms. The summed E-state index contributed by atoms with van der Waals surface area (Å²) in [5.41, 5.74) is 8.46. The average Bonchev–Trinajstić information content (AvgIpc) is 2.74. The molecule has 1 aromatic rings. The zero-order valence-electron chi connectivity index (χ0n) is 10.9. The lowest BCUT2D eigenvalue weighted by Gasteiger charge is -2.31. The summed E-state index contributed by atoms with van der Waals surface area (Å²) in [6, 6.07) is 8.88. The Labute approximate surface area is 104 Å². The molecule has 0 bridgehead atoms. The quantitative estimate of drug-likeness (QED) is 0.872. The maximum absolute atomic E-state index is 6.03. The molecule has 2 N–H and O–H groups in total. The molecule has 2 unspecified atom stereocenters. The van der Waals surface area contributed by atoms with Crippen molar-refractivity contribution in [3.8, 4) is 0 Å². The van der Waals surface area contributed by atoms with Crippen LogP contribution in [-0.4, -0.2) is 25.8 Å². The second kappa shape index (κ2) is 5.07. The molecule has 1 heterocycles. The van der Waals surface area contributed by atoms with Crippen molar-refractivity contribution < 1.29 is 4.74 Å². The zero-order chi connectivity index (χ0) is 12.4. The second-order valence-electron chi connectivity index (χ2n) is 4.89. The maximum Gasteiger partial charge on any atom is 0.0750 e. The first-order valence-electron chi connectivity index (χ1n) is 6.30. The summed E-state index contributed by atoms with van der Waals surface area (Å²) in [7, 11) is 2.14. The molecule has 1 fully saturated rings. The predicted octanol–water partition coefficient (Wildman–Crippen LogP) is 2.32. The highest BCUT2D eigenvalue weighted by molar-refractivity contribution is 5.55. The van der Waals surface area contributed by atoms with Crippen molar-refractivity contribution in [1.82, 2.24) is 0 Å². The van der Waals surface area contributed by atoms with Crippen molar-refractivity contribution >= 4 is 5.69 Å². The number of anilines is 1. The molecule has 17 heavy (non-hydrogen) atoms. The average molecular weight is 234 g/mol. The summed E-state index contributed by atoms with van der Waals surface area (Å²) in [4.78, 5) is 2.32. The third-order valence-electron chi connectivity index (χ3n) is 3.64. The maximum atomic E-state index is 6.03. The Hall–Kier alpha value is -1.06. The van der Waals surface area contributed by atoms with Gasteiger partial charge in [0.2, 0.25) is 0 Å². The lowest BCUT2D eigenvalue weighted by Crippen LogP contribution is -2.37. The van der Waals surface area contributed by atoms with E-state index >= 15 is 0 Å². The van der Waals surface area contributed by atoms with Gasteiger partial charge in [-0.2, -0.15) is 0 Å². The number of para-hydroxylation sites is 1. The fourth-order valence-corrected chi connectivity index (χ4v) is 2.60. The van der Waals surface area contributed by atoms with Gasteiger partial charge in [-0.1, -0.05) is 18.2 Å². The van der Waals surface area contributed by atoms with Gasteiger partial charge < -0.3 is 15.4 Å². The van der Waals surface area contributed by atoms with Crippen LogP contribution in [0.5, 0.6) is 0 Å². The molecule has 0 aliphatic carbocycles. The third-order valence-corrected chi connectivity index (χ3v) is 3.64. The molecular weight excluding hydrogens is 212 g/mol. The van der Waals surface area contributed by atoms with Crippen molar-refractivity contribution in [2.45, 2.75) is 38.5 Å². The molecule has 0 saturated carbocycles. The number of nitrogens with two attached hydrogens (primary N) is 1. The van der Waals surface area contributed by atoms with Gasteiger partial charge in [-0.25, -0.2) is 0 Å². The first-order chi connectivity index (χ1) is 8.11. The van der Waals surface area contributed by atoms with E-state index in [4.69, 9.17) is 10.5 Å². The largest absolute Gasteiger partial charge is 0.376 e. The molecule has 3 atom stereocenters. The first kappa shape index (κ1) is 12.4. The van der Waals surface area contributed by atoms with Gasteiger partial charge in [-0.05, 0) is 31.9 Å². The number of hydrogen-bond donors (Lipinski definition) is 1. The Morgan fingerprint density at radius 1 is 1.41 bits per heavy atom. The number of nitrogens with zero attached hydrogens (tertiary/aromatic N) is 1. The van der Waals surface area contributed by atoms with E-state index in [0.717, 1.165) is 13.0 Å². The van der Waals surface area contributed by atoms with Crippen molar-refractivity contribution in [2.75, 3.05) is 18.6 Å². The van der Waals surface area contributed by atoms with Crippen LogP contribution < -0.4 is 10.6 Å². The minimum Gasteiger partial charge on any atom is -0.376 e. The molecule has 3 nitrogen and oxygen atoms in total. The molecule has 3 heteroatoms. The van der Waals surface area contributed by atoms with Crippen LogP contribution in [0.2, 0.25) is 0 Å².